The third-order valence-corrected chi connectivity index (χ3v) is 4.22. The minimum absolute atomic E-state index is 0.0434. The molecule has 0 saturated carbocycles. The number of anilines is 1. The Morgan fingerprint density at radius 2 is 2.19 bits per heavy atom. The van der Waals surface area contributed by atoms with Crippen molar-refractivity contribution in [2.45, 2.75) is 19.8 Å². The number of carbonyl (C=O) groups is 1. The number of nitrogens with zero attached hydrogens (tertiary/aromatic N) is 6. The SMILES string of the molecule is CCCc1c(C(=O)N/N=C\c2ccc(Cl)c(Cl)c2)nnn1-c1nonc1N. The predicted octanol–water partition coefficient (Wildman–Crippen LogP) is 2.26. The third kappa shape index (κ3) is 4.07. The monoisotopic (exact) mass is 408 g/mol. The first-order chi connectivity index (χ1) is 13.0. The van der Waals surface area contributed by atoms with Crippen LogP contribution >= 0.6 is 23.2 Å². The van der Waals surface area contributed by atoms with Gasteiger partial charge in [0.2, 0.25) is 11.6 Å². The predicted molar refractivity (Wildman–Crippen MR) is 99.1 cm³/mol. The fourth-order valence-electron chi connectivity index (χ4n) is 2.26. The van der Waals surface area contributed by atoms with Crippen molar-refractivity contribution in [3.05, 3.63) is 45.2 Å². The van der Waals surface area contributed by atoms with Gasteiger partial charge >= 0.3 is 0 Å². The fourth-order valence-corrected chi connectivity index (χ4v) is 2.56. The van der Waals surface area contributed by atoms with Gasteiger partial charge < -0.3 is 5.73 Å². The van der Waals surface area contributed by atoms with Crippen LogP contribution in [0.3, 0.4) is 0 Å². The highest BCUT2D eigenvalue weighted by molar-refractivity contribution is 6.42. The molecule has 1 aromatic carbocycles. The molecule has 0 saturated heterocycles. The van der Waals surface area contributed by atoms with Gasteiger partial charge in [0.1, 0.15) is 0 Å². The van der Waals surface area contributed by atoms with Crippen molar-refractivity contribution in [2.24, 2.45) is 5.10 Å². The van der Waals surface area contributed by atoms with Crippen molar-refractivity contribution in [2.75, 3.05) is 5.73 Å². The summed E-state index contributed by atoms with van der Waals surface area (Å²) in [7, 11) is 0. The quantitative estimate of drug-likeness (QED) is 0.471. The Morgan fingerprint density at radius 1 is 1.37 bits per heavy atom. The van der Waals surface area contributed by atoms with Crippen molar-refractivity contribution in [1.82, 2.24) is 30.7 Å². The van der Waals surface area contributed by atoms with Gasteiger partial charge in [-0.2, -0.15) is 9.78 Å². The molecule has 0 aliphatic carbocycles. The van der Waals surface area contributed by atoms with E-state index in [9.17, 15) is 4.79 Å². The summed E-state index contributed by atoms with van der Waals surface area (Å²) >= 11 is 11.8. The lowest BCUT2D eigenvalue weighted by atomic mass is 10.2. The summed E-state index contributed by atoms with van der Waals surface area (Å²) in [6, 6.07) is 4.97. The molecule has 3 aromatic rings. The van der Waals surface area contributed by atoms with Crippen molar-refractivity contribution in [1.29, 1.82) is 0 Å². The molecule has 0 radical (unpaired) electrons. The van der Waals surface area contributed by atoms with E-state index in [0.717, 1.165) is 6.42 Å². The third-order valence-electron chi connectivity index (χ3n) is 3.48. The molecule has 2 heterocycles. The van der Waals surface area contributed by atoms with Gasteiger partial charge in [0.15, 0.2) is 5.69 Å². The summed E-state index contributed by atoms with van der Waals surface area (Å²) in [5.41, 5.74) is 9.38. The summed E-state index contributed by atoms with van der Waals surface area (Å²) < 4.78 is 5.90. The topological polar surface area (TPSA) is 137 Å². The van der Waals surface area contributed by atoms with Crippen molar-refractivity contribution >= 4 is 41.1 Å². The van der Waals surface area contributed by atoms with E-state index in [-0.39, 0.29) is 17.3 Å². The first kappa shape index (κ1) is 18.8. The van der Waals surface area contributed by atoms with Gasteiger partial charge in [0.05, 0.1) is 22.0 Å². The molecule has 140 valence electrons. The Labute approximate surface area is 163 Å². The van der Waals surface area contributed by atoms with Crippen molar-refractivity contribution in [3.8, 4) is 5.82 Å². The molecule has 3 rings (SSSR count). The number of nitrogens with one attached hydrogen (secondary N) is 1. The Morgan fingerprint density at radius 3 is 2.85 bits per heavy atom. The second kappa shape index (κ2) is 8.14. The van der Waals surface area contributed by atoms with Gasteiger partial charge in [-0.3, -0.25) is 4.79 Å². The zero-order valence-electron chi connectivity index (χ0n) is 14.1. The summed E-state index contributed by atoms with van der Waals surface area (Å²) in [5.74, 6) is -0.317. The van der Waals surface area contributed by atoms with E-state index in [0.29, 0.717) is 27.7 Å². The lowest BCUT2D eigenvalue weighted by Crippen LogP contribution is -2.20. The average molecular weight is 409 g/mol. The smallest absolute Gasteiger partial charge is 0.293 e. The second-order valence-corrected chi connectivity index (χ2v) is 6.21. The molecule has 1 amide bonds. The largest absolute Gasteiger partial charge is 0.378 e. The maximum atomic E-state index is 12.4. The summed E-state index contributed by atoms with van der Waals surface area (Å²) in [5, 5.41) is 19.7. The van der Waals surface area contributed by atoms with Crippen LogP contribution in [-0.2, 0) is 6.42 Å². The molecule has 0 bridgehead atoms. The van der Waals surface area contributed by atoms with E-state index in [1.165, 1.54) is 10.9 Å². The van der Waals surface area contributed by atoms with Crippen LogP contribution in [0, 0.1) is 0 Å². The number of aromatic nitrogens is 5. The van der Waals surface area contributed by atoms with E-state index >= 15 is 0 Å². The lowest BCUT2D eigenvalue weighted by molar-refractivity contribution is 0.0949. The molecule has 0 unspecified atom stereocenters. The number of benzene rings is 1. The lowest BCUT2D eigenvalue weighted by Gasteiger charge is -2.03. The highest BCUT2D eigenvalue weighted by Gasteiger charge is 2.23. The van der Waals surface area contributed by atoms with E-state index in [4.69, 9.17) is 28.9 Å². The number of amides is 1. The fraction of sp³-hybridized carbons (Fsp3) is 0.200. The van der Waals surface area contributed by atoms with Gasteiger partial charge in [-0.25, -0.2) is 10.1 Å². The molecular formula is C15H14Cl2N8O2. The number of rotatable bonds is 6. The van der Waals surface area contributed by atoms with E-state index in [1.807, 2.05) is 6.92 Å². The Bertz CT molecular complexity index is 998. The van der Waals surface area contributed by atoms with Gasteiger partial charge in [-0.15, -0.1) is 5.10 Å². The van der Waals surface area contributed by atoms with Crippen LogP contribution in [0.2, 0.25) is 10.0 Å². The Kier molecular flexibility index (Phi) is 5.67. The highest BCUT2D eigenvalue weighted by Crippen LogP contribution is 2.21. The number of hydrogen-bond acceptors (Lipinski definition) is 8. The standard InChI is InChI=1S/C15H14Cl2N8O2/c1-2-3-11-12(20-24-25(11)14-13(18)22-27-23-14)15(26)21-19-7-8-4-5-9(16)10(17)6-8/h4-7H,2-3H2,1H3,(H2,18,22)(H,21,26)/b19-7-. The molecule has 0 atom stereocenters. The second-order valence-electron chi connectivity index (χ2n) is 5.39. The van der Waals surface area contributed by atoms with Crippen LogP contribution in [0.1, 0.15) is 35.1 Å². The maximum Gasteiger partial charge on any atom is 0.293 e. The summed E-state index contributed by atoms with van der Waals surface area (Å²) in [6.45, 7) is 1.95. The number of carbonyl (C=O) groups excluding carboxylic acids is 1. The van der Waals surface area contributed by atoms with Gasteiger partial charge in [0, 0.05) is 0 Å². The summed E-state index contributed by atoms with van der Waals surface area (Å²) in [6.07, 6.45) is 2.69. The number of hydrazone groups is 1. The molecule has 0 fully saturated rings. The Hall–Kier alpha value is -2.98. The Balaban J connectivity index is 1.80. The molecule has 3 N–H and O–H groups in total. The maximum absolute atomic E-state index is 12.4. The van der Waals surface area contributed by atoms with Crippen LogP contribution < -0.4 is 11.2 Å². The van der Waals surface area contributed by atoms with E-state index in [2.05, 4.69) is 35.8 Å². The number of halogens is 2. The molecule has 10 nitrogen and oxygen atoms in total. The molecule has 12 heteroatoms. The summed E-state index contributed by atoms with van der Waals surface area (Å²) in [4.78, 5) is 12.4. The average Bonchev–Trinajstić information content (AvgIpc) is 3.24. The molecule has 0 spiro atoms. The zero-order chi connectivity index (χ0) is 19.4. The molecule has 0 aliphatic rings. The molecular weight excluding hydrogens is 395 g/mol. The minimum atomic E-state index is -0.531. The number of nitrogens with two attached hydrogens (primary N) is 1. The van der Waals surface area contributed by atoms with Crippen molar-refractivity contribution in [3.63, 3.8) is 0 Å². The molecule has 2 aromatic heterocycles. The van der Waals surface area contributed by atoms with Gasteiger partial charge in [-0.05, 0) is 34.4 Å². The van der Waals surface area contributed by atoms with E-state index in [1.54, 1.807) is 18.2 Å². The van der Waals surface area contributed by atoms with Crippen LogP contribution in [0.25, 0.3) is 5.82 Å². The normalized spacial score (nSPS) is 11.2. The van der Waals surface area contributed by atoms with Gasteiger partial charge in [0.25, 0.3) is 5.91 Å². The van der Waals surface area contributed by atoms with Crippen LogP contribution in [0.5, 0.6) is 0 Å². The molecule has 27 heavy (non-hydrogen) atoms. The highest BCUT2D eigenvalue weighted by atomic mass is 35.5. The molecule has 0 aliphatic heterocycles. The first-order valence-electron chi connectivity index (χ1n) is 7.82. The number of hydrogen-bond donors (Lipinski definition) is 2. The van der Waals surface area contributed by atoms with E-state index < -0.39 is 5.91 Å². The van der Waals surface area contributed by atoms with Crippen LogP contribution in [0.15, 0.2) is 27.9 Å². The number of nitrogen functional groups attached to an aromatic ring is 1. The first-order valence-corrected chi connectivity index (χ1v) is 8.58. The van der Waals surface area contributed by atoms with Crippen molar-refractivity contribution < 1.29 is 9.42 Å². The van der Waals surface area contributed by atoms with Crippen LogP contribution in [-0.4, -0.2) is 37.4 Å². The zero-order valence-corrected chi connectivity index (χ0v) is 15.6. The minimum Gasteiger partial charge on any atom is -0.378 e. The van der Waals surface area contributed by atoms with Crippen LogP contribution in [0.4, 0.5) is 5.82 Å². The van der Waals surface area contributed by atoms with Gasteiger partial charge in [-0.1, -0.05) is 47.8 Å².